The molecule has 0 saturated carbocycles. The molecule has 4 heteroatoms. The molecule has 0 spiro atoms. The topological polar surface area (TPSA) is 50.7 Å². The van der Waals surface area contributed by atoms with Crippen molar-refractivity contribution in [2.45, 2.75) is 13.1 Å². The zero-order valence-electron chi connectivity index (χ0n) is 7.60. The summed E-state index contributed by atoms with van der Waals surface area (Å²) in [5.41, 5.74) is 7.54. The quantitative estimate of drug-likeness (QED) is 0.549. The predicted octanol–water partition coefficient (Wildman–Crippen LogP) is 1.58. The maximum absolute atomic E-state index is 5.44. The summed E-state index contributed by atoms with van der Waals surface area (Å²) in [6.45, 7) is 5.51. The first-order valence-corrected chi connectivity index (χ1v) is 5.07. The maximum Gasteiger partial charge on any atom is 0.112 e. The average Bonchev–Trinajstić information content (AvgIpc) is 2.51. The summed E-state index contributed by atoms with van der Waals surface area (Å²) < 4.78 is 0. The summed E-state index contributed by atoms with van der Waals surface area (Å²) in [6.07, 6.45) is 3.14. The van der Waals surface area contributed by atoms with Gasteiger partial charge in [0.05, 0.1) is 11.9 Å². The van der Waals surface area contributed by atoms with Gasteiger partial charge < -0.3 is 5.73 Å². The second-order valence-electron chi connectivity index (χ2n) is 2.67. The molecule has 1 rings (SSSR count). The van der Waals surface area contributed by atoms with Crippen LogP contribution in [0.25, 0.3) is 0 Å². The Labute approximate surface area is 82.5 Å². The first-order valence-electron chi connectivity index (χ1n) is 4.02. The lowest BCUT2D eigenvalue weighted by atomic mass is 10.2. The molecular formula is C9H13N3S. The smallest absolute Gasteiger partial charge is 0.112 e. The average molecular weight is 195 g/mol. The second-order valence-corrected chi connectivity index (χ2v) is 3.53. The molecule has 1 aliphatic heterocycles. The predicted molar refractivity (Wildman–Crippen MR) is 60.3 cm³/mol. The Hall–Kier alpha value is -0.870. The summed E-state index contributed by atoms with van der Waals surface area (Å²) in [6, 6.07) is 0. The van der Waals surface area contributed by atoms with Crippen LogP contribution in [0.3, 0.4) is 0 Å². The Balaban J connectivity index is 2.62. The third-order valence-electron chi connectivity index (χ3n) is 1.50. The van der Waals surface area contributed by atoms with Gasteiger partial charge in [-0.05, 0) is 12.3 Å². The van der Waals surface area contributed by atoms with E-state index in [0.29, 0.717) is 0 Å². The minimum Gasteiger partial charge on any atom is -0.310 e. The number of allylic oxidation sites excluding steroid dienone is 2. The molecule has 0 fully saturated rings. The van der Waals surface area contributed by atoms with Crippen molar-refractivity contribution in [1.29, 1.82) is 0 Å². The van der Waals surface area contributed by atoms with Crippen molar-refractivity contribution in [3.05, 3.63) is 23.6 Å². The van der Waals surface area contributed by atoms with Gasteiger partial charge in [-0.25, -0.2) is 4.99 Å². The SMILES string of the molecule is C=CC1=CSCC1=NC=NC(C)N. The van der Waals surface area contributed by atoms with Crippen LogP contribution >= 0.6 is 11.8 Å². The summed E-state index contributed by atoms with van der Waals surface area (Å²) in [5.74, 6) is 0.895. The molecule has 13 heavy (non-hydrogen) atoms. The van der Waals surface area contributed by atoms with Crippen LogP contribution in [0.1, 0.15) is 6.92 Å². The summed E-state index contributed by atoms with van der Waals surface area (Å²) in [7, 11) is 0. The highest BCUT2D eigenvalue weighted by Crippen LogP contribution is 2.20. The minimum absolute atomic E-state index is 0.186. The van der Waals surface area contributed by atoms with E-state index >= 15 is 0 Å². The molecule has 0 aliphatic carbocycles. The number of nitrogens with zero attached hydrogens (tertiary/aromatic N) is 2. The third-order valence-corrected chi connectivity index (χ3v) is 2.36. The Morgan fingerprint density at radius 1 is 1.77 bits per heavy atom. The van der Waals surface area contributed by atoms with Crippen LogP contribution in [-0.2, 0) is 0 Å². The van der Waals surface area contributed by atoms with Crippen LogP contribution in [0.2, 0.25) is 0 Å². The molecule has 0 bridgehead atoms. The lowest BCUT2D eigenvalue weighted by molar-refractivity contribution is 0.795. The maximum atomic E-state index is 5.44. The second kappa shape index (κ2) is 4.99. The summed E-state index contributed by atoms with van der Waals surface area (Å²) >= 11 is 1.72. The molecule has 1 unspecified atom stereocenters. The van der Waals surface area contributed by atoms with Crippen LogP contribution in [0.15, 0.2) is 33.6 Å². The van der Waals surface area contributed by atoms with E-state index in [9.17, 15) is 0 Å². The van der Waals surface area contributed by atoms with Crippen LogP contribution in [-0.4, -0.2) is 24.0 Å². The lowest BCUT2D eigenvalue weighted by Crippen LogP contribution is -2.11. The molecule has 0 aromatic heterocycles. The molecule has 0 saturated heterocycles. The van der Waals surface area contributed by atoms with Crippen molar-refractivity contribution in [2.75, 3.05) is 5.75 Å². The Kier molecular flexibility index (Phi) is 3.92. The normalized spacial score (nSPS) is 22.3. The molecule has 0 aromatic carbocycles. The lowest BCUT2D eigenvalue weighted by Gasteiger charge is -1.95. The number of nitrogens with two attached hydrogens (primary N) is 1. The molecule has 2 N–H and O–H groups in total. The fraction of sp³-hybridized carbons (Fsp3) is 0.333. The summed E-state index contributed by atoms with van der Waals surface area (Å²) in [5, 5.41) is 2.05. The zero-order chi connectivity index (χ0) is 9.68. The highest BCUT2D eigenvalue weighted by molar-refractivity contribution is 8.03. The molecule has 0 amide bonds. The molecule has 1 aliphatic rings. The first kappa shape index (κ1) is 10.2. The van der Waals surface area contributed by atoms with Gasteiger partial charge in [0.25, 0.3) is 0 Å². The van der Waals surface area contributed by atoms with Crippen molar-refractivity contribution in [3.8, 4) is 0 Å². The van der Waals surface area contributed by atoms with Crippen molar-refractivity contribution in [3.63, 3.8) is 0 Å². The highest BCUT2D eigenvalue weighted by Gasteiger charge is 2.09. The van der Waals surface area contributed by atoms with E-state index in [0.717, 1.165) is 17.0 Å². The summed E-state index contributed by atoms with van der Waals surface area (Å²) in [4.78, 5) is 8.15. The molecule has 3 nitrogen and oxygen atoms in total. The molecular weight excluding hydrogens is 182 g/mol. The highest BCUT2D eigenvalue weighted by atomic mass is 32.2. The van der Waals surface area contributed by atoms with Gasteiger partial charge in [-0.3, -0.25) is 4.99 Å². The van der Waals surface area contributed by atoms with E-state index < -0.39 is 0 Å². The number of aliphatic imine (C=N–C) groups is 2. The number of rotatable bonds is 3. The van der Waals surface area contributed by atoms with E-state index in [4.69, 9.17) is 5.73 Å². The van der Waals surface area contributed by atoms with Crippen molar-refractivity contribution in [1.82, 2.24) is 0 Å². The van der Waals surface area contributed by atoms with Gasteiger partial charge in [-0.2, -0.15) is 0 Å². The van der Waals surface area contributed by atoms with Gasteiger partial charge in [0, 0.05) is 11.3 Å². The monoisotopic (exact) mass is 195 g/mol. The molecule has 1 atom stereocenters. The van der Waals surface area contributed by atoms with Gasteiger partial charge >= 0.3 is 0 Å². The van der Waals surface area contributed by atoms with E-state index in [1.165, 1.54) is 6.34 Å². The van der Waals surface area contributed by atoms with E-state index in [1.807, 2.05) is 12.3 Å². The van der Waals surface area contributed by atoms with Crippen LogP contribution < -0.4 is 5.73 Å². The largest absolute Gasteiger partial charge is 0.310 e. The van der Waals surface area contributed by atoms with E-state index in [2.05, 4.69) is 16.6 Å². The zero-order valence-corrected chi connectivity index (χ0v) is 8.42. The third kappa shape index (κ3) is 3.16. The minimum atomic E-state index is -0.186. The van der Waals surface area contributed by atoms with Crippen LogP contribution in [0, 0.1) is 0 Å². The van der Waals surface area contributed by atoms with E-state index in [-0.39, 0.29) is 6.17 Å². The van der Waals surface area contributed by atoms with Crippen molar-refractivity contribution < 1.29 is 0 Å². The molecule has 0 aromatic rings. The van der Waals surface area contributed by atoms with Crippen molar-refractivity contribution >= 4 is 23.8 Å². The van der Waals surface area contributed by atoms with Crippen molar-refractivity contribution in [2.24, 2.45) is 15.7 Å². The Bertz CT molecular complexity index is 277. The van der Waals surface area contributed by atoms with Gasteiger partial charge in [0.2, 0.25) is 0 Å². The van der Waals surface area contributed by atoms with Crippen LogP contribution in [0.5, 0.6) is 0 Å². The van der Waals surface area contributed by atoms with Gasteiger partial charge in [-0.15, -0.1) is 11.8 Å². The number of thioether (sulfide) groups is 1. The standard InChI is InChI=1S/C9H13N3S/c1-3-8-4-13-5-9(8)12-6-11-7(2)10/h3-4,6-7H,1,5,10H2,2H3. The number of hydrogen-bond acceptors (Lipinski definition) is 3. The van der Waals surface area contributed by atoms with Crippen LogP contribution in [0.4, 0.5) is 0 Å². The Morgan fingerprint density at radius 3 is 3.15 bits per heavy atom. The van der Waals surface area contributed by atoms with Gasteiger partial charge in [0.15, 0.2) is 0 Å². The fourth-order valence-electron chi connectivity index (χ4n) is 0.848. The molecule has 70 valence electrons. The van der Waals surface area contributed by atoms with Gasteiger partial charge in [0.1, 0.15) is 6.34 Å². The Morgan fingerprint density at radius 2 is 2.54 bits per heavy atom. The first-order chi connectivity index (χ1) is 6.24. The van der Waals surface area contributed by atoms with Gasteiger partial charge in [-0.1, -0.05) is 12.7 Å². The molecule has 1 heterocycles. The molecule has 0 radical (unpaired) electrons. The van der Waals surface area contributed by atoms with E-state index in [1.54, 1.807) is 17.8 Å². The fourth-order valence-corrected chi connectivity index (χ4v) is 1.74. The number of hydrogen-bond donors (Lipinski definition) is 1.